The van der Waals surface area contributed by atoms with Crippen LogP contribution in [0.5, 0.6) is 5.75 Å². The highest BCUT2D eigenvalue weighted by Gasteiger charge is 2.27. The molecule has 0 aromatic heterocycles. The first kappa shape index (κ1) is 22.8. The van der Waals surface area contributed by atoms with Crippen molar-refractivity contribution in [3.63, 3.8) is 0 Å². The van der Waals surface area contributed by atoms with Gasteiger partial charge < -0.3 is 24.6 Å². The minimum Gasteiger partial charge on any atom is -0.491 e. The topological polar surface area (TPSA) is 71.1 Å². The third kappa shape index (κ3) is 7.83. The molecular weight excluding hydrogens is 370 g/mol. The van der Waals surface area contributed by atoms with E-state index in [2.05, 4.69) is 5.32 Å². The molecule has 1 aromatic carbocycles. The molecule has 29 heavy (non-hydrogen) atoms. The van der Waals surface area contributed by atoms with Crippen molar-refractivity contribution < 1.29 is 19.1 Å². The summed E-state index contributed by atoms with van der Waals surface area (Å²) < 4.78 is 11.0. The fraction of sp³-hybridized carbons (Fsp3) is 0.636. The summed E-state index contributed by atoms with van der Waals surface area (Å²) in [5, 5.41) is 2.95. The van der Waals surface area contributed by atoms with Crippen LogP contribution in [0, 0.1) is 5.92 Å². The second-order valence-corrected chi connectivity index (χ2v) is 8.94. The maximum atomic E-state index is 12.7. The van der Waals surface area contributed by atoms with Gasteiger partial charge in [0.05, 0.1) is 6.10 Å². The van der Waals surface area contributed by atoms with Crippen molar-refractivity contribution in [3.05, 3.63) is 24.3 Å². The summed E-state index contributed by atoms with van der Waals surface area (Å²) in [4.78, 5) is 28.3. The Hall–Kier alpha value is -2.44. The quantitative estimate of drug-likeness (QED) is 0.778. The predicted octanol–water partition coefficient (Wildman–Crippen LogP) is 4.58. The zero-order chi connectivity index (χ0) is 21.6. The predicted molar refractivity (Wildman–Crippen MR) is 114 cm³/mol. The van der Waals surface area contributed by atoms with Gasteiger partial charge in [0.15, 0.2) is 0 Å². The van der Waals surface area contributed by atoms with Gasteiger partial charge in [0.2, 0.25) is 0 Å². The van der Waals surface area contributed by atoms with Crippen molar-refractivity contribution in [2.24, 2.45) is 5.92 Å². The molecule has 1 aliphatic rings. The Kier molecular flexibility index (Phi) is 7.76. The summed E-state index contributed by atoms with van der Waals surface area (Å²) in [6.45, 7) is 11.4. The molecule has 162 valence electrons. The first-order valence-corrected chi connectivity index (χ1v) is 10.3. The van der Waals surface area contributed by atoms with Crippen LogP contribution in [-0.2, 0) is 4.74 Å². The molecule has 3 amide bonds. The van der Waals surface area contributed by atoms with E-state index in [1.165, 1.54) is 0 Å². The molecular formula is C22H35N3O4. The van der Waals surface area contributed by atoms with E-state index in [0.717, 1.165) is 24.3 Å². The van der Waals surface area contributed by atoms with E-state index in [-0.39, 0.29) is 24.1 Å². The molecule has 0 aliphatic carbocycles. The molecule has 1 unspecified atom stereocenters. The van der Waals surface area contributed by atoms with Gasteiger partial charge in [-0.15, -0.1) is 0 Å². The fourth-order valence-corrected chi connectivity index (χ4v) is 3.29. The minimum absolute atomic E-state index is 0.111. The van der Waals surface area contributed by atoms with E-state index in [9.17, 15) is 9.59 Å². The van der Waals surface area contributed by atoms with Crippen molar-refractivity contribution in [1.29, 1.82) is 0 Å². The smallest absolute Gasteiger partial charge is 0.410 e. The number of piperidine rings is 1. The Morgan fingerprint density at radius 3 is 2.48 bits per heavy atom. The minimum atomic E-state index is -0.514. The molecule has 0 spiro atoms. The van der Waals surface area contributed by atoms with Gasteiger partial charge in [-0.2, -0.15) is 0 Å². The van der Waals surface area contributed by atoms with Crippen molar-refractivity contribution in [2.45, 2.75) is 59.2 Å². The third-order valence-electron chi connectivity index (χ3n) is 4.52. The number of carbonyl (C=O) groups is 2. The molecule has 1 fully saturated rings. The number of likely N-dealkylation sites (tertiary alicyclic amines) is 1. The van der Waals surface area contributed by atoms with Crippen LogP contribution in [0.4, 0.5) is 15.3 Å². The SMILES string of the molecule is CC(C)Oc1ccc(NC(=O)N2CCCC(CN(C)C(=O)OC(C)(C)C)C2)cc1. The van der Waals surface area contributed by atoms with E-state index in [1.807, 2.05) is 63.8 Å². The largest absolute Gasteiger partial charge is 0.491 e. The van der Waals surface area contributed by atoms with Gasteiger partial charge in [0.1, 0.15) is 11.4 Å². The van der Waals surface area contributed by atoms with Crippen molar-refractivity contribution in [1.82, 2.24) is 9.80 Å². The Balaban J connectivity index is 1.86. The highest BCUT2D eigenvalue weighted by Crippen LogP contribution is 2.21. The van der Waals surface area contributed by atoms with Crippen LogP contribution in [0.1, 0.15) is 47.5 Å². The number of ether oxygens (including phenoxy) is 2. The number of nitrogens with one attached hydrogen (secondary N) is 1. The zero-order valence-corrected chi connectivity index (χ0v) is 18.5. The molecule has 1 N–H and O–H groups in total. The van der Waals surface area contributed by atoms with Crippen LogP contribution in [0.15, 0.2) is 24.3 Å². The maximum absolute atomic E-state index is 12.7. The molecule has 0 bridgehead atoms. The summed E-state index contributed by atoms with van der Waals surface area (Å²) in [5.41, 5.74) is 0.221. The van der Waals surface area contributed by atoms with Gasteiger partial charge >= 0.3 is 12.1 Å². The zero-order valence-electron chi connectivity index (χ0n) is 18.5. The van der Waals surface area contributed by atoms with Gasteiger partial charge in [-0.05, 0) is 77.6 Å². The molecule has 1 atom stereocenters. The lowest BCUT2D eigenvalue weighted by atomic mass is 9.98. The van der Waals surface area contributed by atoms with Crippen LogP contribution < -0.4 is 10.1 Å². The number of carbonyl (C=O) groups excluding carboxylic acids is 2. The first-order valence-electron chi connectivity index (χ1n) is 10.3. The lowest BCUT2D eigenvalue weighted by Gasteiger charge is -2.35. The second-order valence-electron chi connectivity index (χ2n) is 8.94. The van der Waals surface area contributed by atoms with Gasteiger partial charge in [0, 0.05) is 32.4 Å². The van der Waals surface area contributed by atoms with Gasteiger partial charge in [-0.25, -0.2) is 9.59 Å². The molecule has 7 nitrogen and oxygen atoms in total. The Bertz CT molecular complexity index is 682. The Morgan fingerprint density at radius 1 is 1.24 bits per heavy atom. The molecule has 1 heterocycles. The van der Waals surface area contributed by atoms with Crippen LogP contribution in [0.25, 0.3) is 0 Å². The highest BCUT2D eigenvalue weighted by molar-refractivity contribution is 5.89. The summed E-state index contributed by atoms with van der Waals surface area (Å²) in [6.07, 6.45) is 1.68. The number of amides is 3. The lowest BCUT2D eigenvalue weighted by molar-refractivity contribution is 0.0253. The maximum Gasteiger partial charge on any atom is 0.410 e. The number of anilines is 1. The van der Waals surface area contributed by atoms with Gasteiger partial charge in [-0.1, -0.05) is 0 Å². The summed E-state index contributed by atoms with van der Waals surface area (Å²) in [6, 6.07) is 7.27. The molecule has 1 aliphatic heterocycles. The summed E-state index contributed by atoms with van der Waals surface area (Å²) >= 11 is 0. The number of nitrogens with zero attached hydrogens (tertiary/aromatic N) is 2. The number of benzene rings is 1. The average Bonchev–Trinajstić information content (AvgIpc) is 2.61. The van der Waals surface area contributed by atoms with E-state index < -0.39 is 5.60 Å². The van der Waals surface area contributed by atoms with E-state index in [1.54, 1.807) is 11.9 Å². The van der Waals surface area contributed by atoms with Crippen LogP contribution in [0.2, 0.25) is 0 Å². The van der Waals surface area contributed by atoms with E-state index >= 15 is 0 Å². The van der Waals surface area contributed by atoms with Crippen molar-refractivity contribution in [3.8, 4) is 5.75 Å². The molecule has 1 aromatic rings. The molecule has 2 rings (SSSR count). The average molecular weight is 406 g/mol. The fourth-order valence-electron chi connectivity index (χ4n) is 3.29. The number of hydrogen-bond donors (Lipinski definition) is 1. The monoisotopic (exact) mass is 405 g/mol. The number of rotatable bonds is 5. The Morgan fingerprint density at radius 2 is 1.90 bits per heavy atom. The van der Waals surface area contributed by atoms with Crippen LogP contribution in [-0.4, -0.2) is 60.3 Å². The Labute approximate surface area is 174 Å². The van der Waals surface area contributed by atoms with E-state index in [4.69, 9.17) is 9.47 Å². The van der Waals surface area contributed by atoms with Crippen molar-refractivity contribution >= 4 is 17.8 Å². The molecule has 7 heteroatoms. The number of hydrogen-bond acceptors (Lipinski definition) is 4. The number of urea groups is 1. The van der Waals surface area contributed by atoms with Gasteiger partial charge in [0.25, 0.3) is 0 Å². The standard InChI is InChI=1S/C22H35N3O4/c1-16(2)28-19-11-9-18(10-12-19)23-20(26)25-13-7-8-17(15-25)14-24(6)21(27)29-22(3,4)5/h9-12,16-17H,7-8,13-15H2,1-6H3,(H,23,26). The summed E-state index contributed by atoms with van der Waals surface area (Å²) in [5.74, 6) is 1.01. The first-order chi connectivity index (χ1) is 13.5. The van der Waals surface area contributed by atoms with Crippen LogP contribution in [0.3, 0.4) is 0 Å². The molecule has 0 radical (unpaired) electrons. The van der Waals surface area contributed by atoms with Crippen molar-refractivity contribution in [2.75, 3.05) is 32.0 Å². The van der Waals surface area contributed by atoms with Gasteiger partial charge in [-0.3, -0.25) is 0 Å². The molecule has 0 saturated carbocycles. The second kappa shape index (κ2) is 9.85. The normalized spacial score (nSPS) is 17.1. The van der Waals surface area contributed by atoms with Crippen LogP contribution >= 0.6 is 0 Å². The molecule has 1 saturated heterocycles. The third-order valence-corrected chi connectivity index (χ3v) is 4.52. The van der Waals surface area contributed by atoms with E-state index in [0.29, 0.717) is 19.6 Å². The lowest BCUT2D eigenvalue weighted by Crippen LogP contribution is -2.46. The summed E-state index contributed by atoms with van der Waals surface area (Å²) in [7, 11) is 1.74. The highest BCUT2D eigenvalue weighted by atomic mass is 16.6.